The first-order valence-corrected chi connectivity index (χ1v) is 4.77. The van der Waals surface area contributed by atoms with E-state index in [2.05, 4.69) is 27.8 Å². The Kier molecular flexibility index (Phi) is 3.53. The molecule has 3 heteroatoms. The van der Waals surface area contributed by atoms with Gasteiger partial charge in [0, 0.05) is 17.4 Å². The van der Waals surface area contributed by atoms with E-state index in [0.29, 0.717) is 4.83 Å². The van der Waals surface area contributed by atoms with Crippen LogP contribution in [0.2, 0.25) is 0 Å². The molecule has 1 unspecified atom stereocenters. The Hall–Kier alpha value is -0.570. The number of nitrogens with zero attached hydrogens (tertiary/aromatic N) is 1. The van der Waals surface area contributed by atoms with Gasteiger partial charge in [-0.05, 0) is 12.1 Å². The summed E-state index contributed by atoms with van der Waals surface area (Å²) in [6.45, 7) is 2.09. The molecule has 0 saturated carbocycles. The van der Waals surface area contributed by atoms with E-state index in [1.807, 2.05) is 12.1 Å². The maximum absolute atomic E-state index is 5.16. The van der Waals surface area contributed by atoms with E-state index in [9.17, 15) is 0 Å². The fourth-order valence-electron chi connectivity index (χ4n) is 1.03. The predicted molar refractivity (Wildman–Crippen MR) is 52.9 cm³/mol. The second-order valence-electron chi connectivity index (χ2n) is 2.64. The molecule has 0 fully saturated rings. The monoisotopic (exact) mass is 229 g/mol. The van der Waals surface area contributed by atoms with E-state index in [1.54, 1.807) is 13.3 Å². The SMILES string of the molecule is COc1cccnc1CC(C)Br. The van der Waals surface area contributed by atoms with Crippen molar-refractivity contribution in [3.05, 3.63) is 24.0 Å². The van der Waals surface area contributed by atoms with E-state index in [0.717, 1.165) is 17.9 Å². The van der Waals surface area contributed by atoms with Gasteiger partial charge in [-0.25, -0.2) is 0 Å². The van der Waals surface area contributed by atoms with Crippen LogP contribution in [0.25, 0.3) is 0 Å². The van der Waals surface area contributed by atoms with Crippen LogP contribution in [0.4, 0.5) is 0 Å². The van der Waals surface area contributed by atoms with Gasteiger partial charge in [-0.15, -0.1) is 0 Å². The largest absolute Gasteiger partial charge is 0.495 e. The van der Waals surface area contributed by atoms with E-state index < -0.39 is 0 Å². The molecule has 1 heterocycles. The van der Waals surface area contributed by atoms with Crippen LogP contribution >= 0.6 is 15.9 Å². The van der Waals surface area contributed by atoms with Gasteiger partial charge in [-0.1, -0.05) is 22.9 Å². The third-order valence-electron chi connectivity index (χ3n) is 1.54. The van der Waals surface area contributed by atoms with Crippen molar-refractivity contribution in [3.8, 4) is 5.75 Å². The quantitative estimate of drug-likeness (QED) is 0.744. The van der Waals surface area contributed by atoms with Crippen LogP contribution in [-0.2, 0) is 6.42 Å². The van der Waals surface area contributed by atoms with Gasteiger partial charge in [-0.3, -0.25) is 4.98 Å². The number of methoxy groups -OCH3 is 1. The Morgan fingerprint density at radius 1 is 1.67 bits per heavy atom. The molecule has 0 spiro atoms. The zero-order valence-electron chi connectivity index (χ0n) is 7.25. The molecule has 0 saturated heterocycles. The Morgan fingerprint density at radius 2 is 2.42 bits per heavy atom. The van der Waals surface area contributed by atoms with Gasteiger partial charge in [0.15, 0.2) is 0 Å². The lowest BCUT2D eigenvalue weighted by Gasteiger charge is -2.07. The van der Waals surface area contributed by atoms with Crippen LogP contribution in [0.1, 0.15) is 12.6 Å². The van der Waals surface area contributed by atoms with Crippen molar-refractivity contribution in [2.45, 2.75) is 18.2 Å². The summed E-state index contributed by atoms with van der Waals surface area (Å²) in [5, 5.41) is 0. The summed E-state index contributed by atoms with van der Waals surface area (Å²) in [4.78, 5) is 4.67. The van der Waals surface area contributed by atoms with Gasteiger partial charge in [-0.2, -0.15) is 0 Å². The second-order valence-corrected chi connectivity index (χ2v) is 4.20. The van der Waals surface area contributed by atoms with Crippen LogP contribution in [-0.4, -0.2) is 16.9 Å². The fraction of sp³-hybridized carbons (Fsp3) is 0.444. The molecule has 2 nitrogen and oxygen atoms in total. The molecule has 12 heavy (non-hydrogen) atoms. The number of hydrogen-bond donors (Lipinski definition) is 0. The average Bonchev–Trinajstić information content (AvgIpc) is 2.04. The third kappa shape index (κ3) is 2.48. The standard InChI is InChI=1S/C9H12BrNO/c1-7(10)6-8-9(12-2)4-3-5-11-8/h3-5,7H,6H2,1-2H3. The zero-order chi connectivity index (χ0) is 8.97. The van der Waals surface area contributed by atoms with E-state index >= 15 is 0 Å². The van der Waals surface area contributed by atoms with Crippen molar-refractivity contribution in [3.63, 3.8) is 0 Å². The second kappa shape index (κ2) is 4.45. The van der Waals surface area contributed by atoms with Gasteiger partial charge in [0.05, 0.1) is 12.8 Å². The first-order valence-electron chi connectivity index (χ1n) is 3.86. The Bertz CT molecular complexity index is 250. The first-order chi connectivity index (χ1) is 5.74. The normalized spacial score (nSPS) is 12.6. The lowest BCUT2D eigenvalue weighted by atomic mass is 10.2. The average molecular weight is 230 g/mol. The first kappa shape index (κ1) is 9.52. The topological polar surface area (TPSA) is 22.1 Å². The van der Waals surface area contributed by atoms with Crippen molar-refractivity contribution in [2.75, 3.05) is 7.11 Å². The number of pyridine rings is 1. The molecular formula is C9H12BrNO. The van der Waals surface area contributed by atoms with Gasteiger partial charge >= 0.3 is 0 Å². The van der Waals surface area contributed by atoms with Crippen LogP contribution in [0.5, 0.6) is 5.75 Å². The summed E-state index contributed by atoms with van der Waals surface area (Å²) in [5.41, 5.74) is 1.00. The van der Waals surface area contributed by atoms with Crippen molar-refractivity contribution in [1.29, 1.82) is 0 Å². The minimum Gasteiger partial charge on any atom is -0.495 e. The molecule has 0 aliphatic carbocycles. The third-order valence-corrected chi connectivity index (χ3v) is 1.87. The minimum absolute atomic E-state index is 0.432. The number of alkyl halides is 1. The molecule has 0 aliphatic heterocycles. The van der Waals surface area contributed by atoms with Gasteiger partial charge in [0.1, 0.15) is 5.75 Å². The molecule has 1 aromatic rings. The summed E-state index contributed by atoms with van der Waals surface area (Å²) in [5.74, 6) is 0.865. The number of ether oxygens (including phenoxy) is 1. The summed E-state index contributed by atoms with van der Waals surface area (Å²) in [6, 6.07) is 3.80. The van der Waals surface area contributed by atoms with E-state index in [4.69, 9.17) is 4.74 Å². The summed E-state index contributed by atoms with van der Waals surface area (Å²) in [6.07, 6.45) is 2.68. The Labute approximate surface area is 81.1 Å². The molecule has 0 N–H and O–H groups in total. The smallest absolute Gasteiger partial charge is 0.140 e. The number of hydrogen-bond acceptors (Lipinski definition) is 2. The number of rotatable bonds is 3. The Balaban J connectivity index is 2.82. The summed E-state index contributed by atoms with van der Waals surface area (Å²) in [7, 11) is 1.67. The van der Waals surface area contributed by atoms with Crippen LogP contribution < -0.4 is 4.74 Å². The fourth-order valence-corrected chi connectivity index (χ4v) is 1.34. The molecule has 66 valence electrons. The molecule has 0 radical (unpaired) electrons. The molecule has 0 aromatic carbocycles. The molecule has 0 bridgehead atoms. The van der Waals surface area contributed by atoms with Crippen molar-refractivity contribution < 1.29 is 4.74 Å². The van der Waals surface area contributed by atoms with Crippen LogP contribution in [0.15, 0.2) is 18.3 Å². The maximum Gasteiger partial charge on any atom is 0.140 e. The maximum atomic E-state index is 5.16. The molecule has 1 atom stereocenters. The lowest BCUT2D eigenvalue weighted by molar-refractivity contribution is 0.406. The number of halogens is 1. The van der Waals surface area contributed by atoms with Crippen LogP contribution in [0.3, 0.4) is 0 Å². The lowest BCUT2D eigenvalue weighted by Crippen LogP contribution is -2.01. The highest BCUT2D eigenvalue weighted by atomic mass is 79.9. The van der Waals surface area contributed by atoms with Crippen molar-refractivity contribution in [2.24, 2.45) is 0 Å². The summed E-state index contributed by atoms with van der Waals surface area (Å²) >= 11 is 3.48. The van der Waals surface area contributed by atoms with Gasteiger partial charge in [0.2, 0.25) is 0 Å². The minimum atomic E-state index is 0.432. The molecule has 0 aliphatic rings. The van der Waals surface area contributed by atoms with Crippen LogP contribution in [0, 0.1) is 0 Å². The predicted octanol–water partition coefficient (Wildman–Crippen LogP) is 2.42. The van der Waals surface area contributed by atoms with E-state index in [-0.39, 0.29) is 0 Å². The van der Waals surface area contributed by atoms with E-state index in [1.165, 1.54) is 0 Å². The molecule has 1 rings (SSSR count). The highest BCUT2D eigenvalue weighted by molar-refractivity contribution is 9.09. The zero-order valence-corrected chi connectivity index (χ0v) is 8.84. The Morgan fingerprint density at radius 3 is 3.00 bits per heavy atom. The number of aromatic nitrogens is 1. The summed E-state index contributed by atoms with van der Waals surface area (Å²) < 4.78 is 5.16. The van der Waals surface area contributed by atoms with Gasteiger partial charge < -0.3 is 4.74 Å². The highest BCUT2D eigenvalue weighted by Crippen LogP contribution is 2.18. The molecule has 0 amide bonds. The molecule has 1 aromatic heterocycles. The van der Waals surface area contributed by atoms with Crippen molar-refractivity contribution in [1.82, 2.24) is 4.98 Å². The van der Waals surface area contributed by atoms with Gasteiger partial charge in [0.25, 0.3) is 0 Å². The molecular weight excluding hydrogens is 218 g/mol. The highest BCUT2D eigenvalue weighted by Gasteiger charge is 2.05. The van der Waals surface area contributed by atoms with Crippen molar-refractivity contribution >= 4 is 15.9 Å².